The van der Waals surface area contributed by atoms with Gasteiger partial charge in [-0.1, -0.05) is 13.8 Å². The maximum absolute atomic E-state index is 11.6. The summed E-state index contributed by atoms with van der Waals surface area (Å²) in [6, 6.07) is 3.26. The average molecular weight is 243 g/mol. The zero-order chi connectivity index (χ0) is 12.2. The molecule has 1 heterocycles. The highest BCUT2D eigenvalue weighted by molar-refractivity contribution is 7.92. The van der Waals surface area contributed by atoms with E-state index >= 15 is 0 Å². The third kappa shape index (κ3) is 4.06. The molecule has 0 atom stereocenters. The van der Waals surface area contributed by atoms with Crippen LogP contribution in [-0.4, -0.2) is 19.2 Å². The van der Waals surface area contributed by atoms with Crippen molar-refractivity contribution in [2.24, 2.45) is 5.92 Å². The second kappa shape index (κ2) is 5.16. The van der Waals surface area contributed by atoms with Gasteiger partial charge in [0.25, 0.3) is 0 Å². The van der Waals surface area contributed by atoms with E-state index in [1.165, 1.54) is 6.20 Å². The van der Waals surface area contributed by atoms with Crippen molar-refractivity contribution in [2.45, 2.75) is 20.3 Å². The lowest BCUT2D eigenvalue weighted by Crippen LogP contribution is -2.19. The number of pyridine rings is 1. The first-order valence-electron chi connectivity index (χ1n) is 5.11. The van der Waals surface area contributed by atoms with Crippen LogP contribution in [0.25, 0.3) is 0 Å². The van der Waals surface area contributed by atoms with E-state index in [9.17, 15) is 8.42 Å². The molecule has 0 unspecified atom stereocenters. The maximum atomic E-state index is 11.6. The highest BCUT2D eigenvalue weighted by atomic mass is 32.2. The fourth-order valence-corrected chi connectivity index (χ4v) is 2.44. The average Bonchev–Trinajstić information content (AvgIpc) is 2.19. The van der Waals surface area contributed by atoms with Crippen LogP contribution in [0.3, 0.4) is 0 Å². The molecule has 0 fully saturated rings. The van der Waals surface area contributed by atoms with E-state index in [1.807, 2.05) is 13.8 Å². The van der Waals surface area contributed by atoms with Gasteiger partial charge in [0.15, 0.2) is 5.82 Å². The first-order chi connectivity index (χ1) is 7.41. The van der Waals surface area contributed by atoms with Gasteiger partial charge in [-0.25, -0.2) is 13.4 Å². The van der Waals surface area contributed by atoms with E-state index in [1.54, 1.807) is 12.1 Å². The van der Waals surface area contributed by atoms with Crippen molar-refractivity contribution in [3.05, 3.63) is 18.3 Å². The van der Waals surface area contributed by atoms with Gasteiger partial charge in [0.2, 0.25) is 10.0 Å². The molecule has 0 aliphatic carbocycles. The second-order valence-corrected chi connectivity index (χ2v) is 5.89. The minimum Gasteiger partial charge on any atom is -0.396 e. The Morgan fingerprint density at radius 3 is 2.75 bits per heavy atom. The van der Waals surface area contributed by atoms with Gasteiger partial charge < -0.3 is 5.73 Å². The molecule has 0 bridgehead atoms. The molecule has 0 radical (unpaired) electrons. The summed E-state index contributed by atoms with van der Waals surface area (Å²) in [5.41, 5.74) is 5.92. The first-order valence-corrected chi connectivity index (χ1v) is 6.77. The van der Waals surface area contributed by atoms with Crippen LogP contribution in [0.5, 0.6) is 0 Å². The number of hydrogen-bond acceptors (Lipinski definition) is 4. The van der Waals surface area contributed by atoms with Crippen LogP contribution in [0.2, 0.25) is 0 Å². The summed E-state index contributed by atoms with van der Waals surface area (Å²) in [5.74, 6) is 0.629. The highest BCUT2D eigenvalue weighted by Crippen LogP contribution is 2.15. The lowest BCUT2D eigenvalue weighted by Gasteiger charge is -2.09. The predicted molar refractivity (Wildman–Crippen MR) is 65.5 cm³/mol. The Balaban J connectivity index is 2.70. The number of rotatable bonds is 5. The van der Waals surface area contributed by atoms with Gasteiger partial charge in [0, 0.05) is 6.20 Å². The van der Waals surface area contributed by atoms with Gasteiger partial charge in [0.1, 0.15) is 0 Å². The summed E-state index contributed by atoms with van der Waals surface area (Å²) >= 11 is 0. The molecule has 90 valence electrons. The monoisotopic (exact) mass is 243 g/mol. The van der Waals surface area contributed by atoms with Crippen molar-refractivity contribution in [3.63, 3.8) is 0 Å². The number of aromatic nitrogens is 1. The number of nitrogens with two attached hydrogens (primary N) is 1. The molecule has 0 aromatic carbocycles. The standard InChI is InChI=1S/C10H17N3O2S/c1-8(2)5-7-16(14,15)13-10-9(11)4-3-6-12-10/h3-4,6,8H,5,7,11H2,1-2H3,(H,12,13). The summed E-state index contributed by atoms with van der Waals surface area (Å²) in [6.45, 7) is 3.95. The number of anilines is 2. The van der Waals surface area contributed by atoms with Crippen molar-refractivity contribution in [2.75, 3.05) is 16.2 Å². The molecule has 16 heavy (non-hydrogen) atoms. The number of nitrogen functional groups attached to an aromatic ring is 1. The van der Waals surface area contributed by atoms with Gasteiger partial charge in [-0.3, -0.25) is 4.72 Å². The van der Waals surface area contributed by atoms with Crippen LogP contribution >= 0.6 is 0 Å². The van der Waals surface area contributed by atoms with E-state index in [4.69, 9.17) is 5.73 Å². The number of hydrogen-bond donors (Lipinski definition) is 2. The molecule has 0 amide bonds. The fourth-order valence-electron chi connectivity index (χ4n) is 1.09. The minimum absolute atomic E-state index is 0.0840. The SMILES string of the molecule is CC(C)CCS(=O)(=O)Nc1ncccc1N. The zero-order valence-corrected chi connectivity index (χ0v) is 10.3. The molecule has 3 N–H and O–H groups in total. The molecule has 0 aliphatic rings. The van der Waals surface area contributed by atoms with Gasteiger partial charge >= 0.3 is 0 Å². The Hall–Kier alpha value is -1.30. The lowest BCUT2D eigenvalue weighted by atomic mass is 10.2. The third-order valence-corrected chi connectivity index (χ3v) is 3.33. The Morgan fingerprint density at radius 2 is 2.19 bits per heavy atom. The number of sulfonamides is 1. The molecule has 6 heteroatoms. The smallest absolute Gasteiger partial charge is 0.233 e. The summed E-state index contributed by atoms with van der Waals surface area (Å²) < 4.78 is 25.7. The molecule has 1 rings (SSSR count). The van der Waals surface area contributed by atoms with Crippen molar-refractivity contribution >= 4 is 21.5 Å². The van der Waals surface area contributed by atoms with Crippen LogP contribution < -0.4 is 10.5 Å². The van der Waals surface area contributed by atoms with Gasteiger partial charge in [-0.15, -0.1) is 0 Å². The van der Waals surface area contributed by atoms with Crippen molar-refractivity contribution in [1.29, 1.82) is 0 Å². The molecule has 0 spiro atoms. The molecule has 0 aliphatic heterocycles. The Labute approximate surface area is 96.1 Å². The Bertz CT molecular complexity index is 443. The van der Waals surface area contributed by atoms with Crippen LogP contribution in [-0.2, 0) is 10.0 Å². The summed E-state index contributed by atoms with van der Waals surface area (Å²) in [7, 11) is -3.34. The van der Waals surface area contributed by atoms with Crippen LogP contribution in [0, 0.1) is 5.92 Å². The predicted octanol–water partition coefficient (Wildman–Crippen LogP) is 1.45. The Kier molecular flexibility index (Phi) is 4.12. The highest BCUT2D eigenvalue weighted by Gasteiger charge is 2.13. The summed E-state index contributed by atoms with van der Waals surface area (Å²) in [5, 5.41) is 0. The zero-order valence-electron chi connectivity index (χ0n) is 9.47. The molecular weight excluding hydrogens is 226 g/mol. The van der Waals surface area contributed by atoms with E-state index in [2.05, 4.69) is 9.71 Å². The second-order valence-electron chi connectivity index (χ2n) is 4.04. The van der Waals surface area contributed by atoms with E-state index in [0.29, 0.717) is 18.0 Å². The van der Waals surface area contributed by atoms with Crippen LogP contribution in [0.4, 0.5) is 11.5 Å². The first kappa shape index (κ1) is 12.8. The largest absolute Gasteiger partial charge is 0.396 e. The summed E-state index contributed by atoms with van der Waals surface area (Å²) in [4.78, 5) is 3.88. The Morgan fingerprint density at radius 1 is 1.50 bits per heavy atom. The van der Waals surface area contributed by atoms with E-state index in [0.717, 1.165) is 0 Å². The van der Waals surface area contributed by atoms with E-state index in [-0.39, 0.29) is 11.6 Å². The third-order valence-electron chi connectivity index (χ3n) is 2.06. The minimum atomic E-state index is -3.34. The van der Waals surface area contributed by atoms with Crippen LogP contribution in [0.1, 0.15) is 20.3 Å². The summed E-state index contributed by atoms with van der Waals surface area (Å²) in [6.07, 6.45) is 2.11. The molecule has 0 saturated heterocycles. The molecule has 1 aromatic rings. The van der Waals surface area contributed by atoms with Crippen molar-refractivity contribution < 1.29 is 8.42 Å². The molecule has 0 saturated carbocycles. The number of nitrogens with zero attached hydrogens (tertiary/aromatic N) is 1. The maximum Gasteiger partial charge on any atom is 0.233 e. The lowest BCUT2D eigenvalue weighted by molar-refractivity contribution is 0.578. The molecule has 1 aromatic heterocycles. The fraction of sp³-hybridized carbons (Fsp3) is 0.500. The normalized spacial score (nSPS) is 11.7. The molecular formula is C10H17N3O2S. The molecule has 5 nitrogen and oxygen atoms in total. The topological polar surface area (TPSA) is 85.1 Å². The van der Waals surface area contributed by atoms with Crippen molar-refractivity contribution in [1.82, 2.24) is 4.98 Å². The van der Waals surface area contributed by atoms with Gasteiger partial charge in [0.05, 0.1) is 11.4 Å². The van der Waals surface area contributed by atoms with Crippen LogP contribution in [0.15, 0.2) is 18.3 Å². The van der Waals surface area contributed by atoms with Gasteiger partial charge in [-0.2, -0.15) is 0 Å². The number of nitrogens with one attached hydrogen (secondary N) is 1. The van der Waals surface area contributed by atoms with Gasteiger partial charge in [-0.05, 0) is 24.5 Å². The van der Waals surface area contributed by atoms with E-state index < -0.39 is 10.0 Å². The van der Waals surface area contributed by atoms with Crippen molar-refractivity contribution in [3.8, 4) is 0 Å². The quantitative estimate of drug-likeness (QED) is 0.819.